The van der Waals surface area contributed by atoms with Crippen molar-refractivity contribution in [3.8, 4) is 0 Å². The minimum absolute atomic E-state index is 1.06. The van der Waals surface area contributed by atoms with Gasteiger partial charge >= 0.3 is 0 Å². The van der Waals surface area contributed by atoms with Gasteiger partial charge in [-0.25, -0.2) is 0 Å². The predicted octanol–water partition coefficient (Wildman–Crippen LogP) is 3.26. The van der Waals surface area contributed by atoms with Gasteiger partial charge in [0.05, 0.1) is 23.5 Å². The van der Waals surface area contributed by atoms with Crippen molar-refractivity contribution in [2.75, 3.05) is 4.72 Å². The molecule has 0 unspecified atom stereocenters. The molecule has 1 aromatic carbocycles. The molecule has 0 atom stereocenters. The van der Waals surface area contributed by atoms with Crippen LogP contribution in [0.15, 0.2) is 28.7 Å². The first-order valence-corrected chi connectivity index (χ1v) is 5.27. The molecule has 2 nitrogen and oxygen atoms in total. The molecule has 2 rings (SSSR count). The smallest absolute Gasteiger partial charge is 0.0904 e. The number of anilines is 1. The molecule has 0 saturated carbocycles. The molecule has 0 aliphatic carbocycles. The maximum atomic E-state index is 4.38. The molecule has 68 valence electrons. The minimum atomic E-state index is 1.06. The van der Waals surface area contributed by atoms with Crippen LogP contribution >= 0.6 is 12.1 Å². The summed E-state index contributed by atoms with van der Waals surface area (Å²) in [6.45, 7) is 2.18. The van der Waals surface area contributed by atoms with Crippen molar-refractivity contribution in [2.45, 2.75) is 19.8 Å². The summed E-state index contributed by atoms with van der Waals surface area (Å²) in [7, 11) is 0. The fourth-order valence-corrected chi connectivity index (χ4v) is 2.04. The maximum Gasteiger partial charge on any atom is 0.0904 e. The number of para-hydroxylation sites is 1. The van der Waals surface area contributed by atoms with Gasteiger partial charge in [-0.3, -0.25) is 0 Å². The van der Waals surface area contributed by atoms with Crippen LogP contribution in [0.3, 0.4) is 0 Å². The number of nitrogens with zero attached hydrogens (tertiary/aromatic N) is 1. The molecular formula is C10H12N2S. The first-order chi connectivity index (χ1) is 6.42. The van der Waals surface area contributed by atoms with E-state index in [4.69, 9.17) is 0 Å². The number of hydrogen-bond donors (Lipinski definition) is 1. The lowest BCUT2D eigenvalue weighted by molar-refractivity contribution is 0.995. The summed E-state index contributed by atoms with van der Waals surface area (Å²) in [5.41, 5.74) is 3.65. The molecule has 0 fully saturated rings. The summed E-state index contributed by atoms with van der Waals surface area (Å²) in [5.74, 6) is 0. The standard InChI is InChI=1S/C10H12N2S/c1-2-5-9-8-6-3-4-7-10(8)12-13-11-9/h3-4,6-7,12H,2,5H2,1H3. The number of hydrogen-bond acceptors (Lipinski definition) is 3. The zero-order chi connectivity index (χ0) is 9.10. The molecule has 1 aromatic rings. The quantitative estimate of drug-likeness (QED) is 0.727. The predicted molar refractivity (Wildman–Crippen MR) is 59.1 cm³/mol. The Balaban J connectivity index is 2.36. The molecule has 1 aliphatic rings. The van der Waals surface area contributed by atoms with E-state index >= 15 is 0 Å². The Morgan fingerprint density at radius 2 is 2.23 bits per heavy atom. The first kappa shape index (κ1) is 8.63. The van der Waals surface area contributed by atoms with Gasteiger partial charge in [0.2, 0.25) is 0 Å². The van der Waals surface area contributed by atoms with Crippen molar-refractivity contribution in [1.29, 1.82) is 0 Å². The van der Waals surface area contributed by atoms with Gasteiger partial charge in [0.15, 0.2) is 0 Å². The van der Waals surface area contributed by atoms with E-state index in [0.717, 1.165) is 12.8 Å². The molecule has 13 heavy (non-hydrogen) atoms. The van der Waals surface area contributed by atoms with Gasteiger partial charge in [-0.15, -0.1) is 0 Å². The third-order valence-corrected chi connectivity index (χ3v) is 2.66. The molecule has 0 aromatic heterocycles. The van der Waals surface area contributed by atoms with Gasteiger partial charge < -0.3 is 4.72 Å². The average Bonchev–Trinajstić information content (AvgIpc) is 2.19. The van der Waals surface area contributed by atoms with E-state index in [2.05, 4.69) is 34.2 Å². The Kier molecular flexibility index (Phi) is 2.54. The Hall–Kier alpha value is -0.960. The van der Waals surface area contributed by atoms with Crippen LogP contribution in [0.25, 0.3) is 0 Å². The molecular weight excluding hydrogens is 180 g/mol. The fraction of sp³-hybridized carbons (Fsp3) is 0.300. The fourth-order valence-electron chi connectivity index (χ4n) is 1.42. The molecule has 0 saturated heterocycles. The molecule has 0 bridgehead atoms. The summed E-state index contributed by atoms with van der Waals surface area (Å²) in [6, 6.07) is 8.31. The Labute approximate surface area is 82.7 Å². The van der Waals surface area contributed by atoms with Crippen LogP contribution in [0.2, 0.25) is 0 Å². The molecule has 1 aliphatic heterocycles. The van der Waals surface area contributed by atoms with Crippen LogP contribution in [0.1, 0.15) is 25.3 Å². The topological polar surface area (TPSA) is 24.4 Å². The normalized spacial score (nSPS) is 14.4. The SMILES string of the molecule is CCCC1=NSNc2ccccc21. The van der Waals surface area contributed by atoms with Crippen LogP contribution in [0, 0.1) is 0 Å². The zero-order valence-electron chi connectivity index (χ0n) is 7.58. The highest BCUT2D eigenvalue weighted by atomic mass is 32.2. The average molecular weight is 192 g/mol. The lowest BCUT2D eigenvalue weighted by Gasteiger charge is -2.16. The molecule has 1 N–H and O–H groups in total. The highest BCUT2D eigenvalue weighted by Gasteiger charge is 2.12. The van der Waals surface area contributed by atoms with E-state index in [9.17, 15) is 0 Å². The molecule has 0 spiro atoms. The summed E-state index contributed by atoms with van der Waals surface area (Å²) in [6.07, 6.45) is 2.21. The second-order valence-corrected chi connectivity index (χ2v) is 3.60. The van der Waals surface area contributed by atoms with Crippen molar-refractivity contribution in [3.63, 3.8) is 0 Å². The lowest BCUT2D eigenvalue weighted by Crippen LogP contribution is -2.07. The summed E-state index contributed by atoms with van der Waals surface area (Å²) in [5, 5.41) is 0. The van der Waals surface area contributed by atoms with E-state index in [-0.39, 0.29) is 0 Å². The second-order valence-electron chi connectivity index (χ2n) is 3.03. The van der Waals surface area contributed by atoms with Crippen molar-refractivity contribution in [3.05, 3.63) is 29.8 Å². The largest absolute Gasteiger partial charge is 0.310 e. The monoisotopic (exact) mass is 192 g/mol. The number of nitrogens with one attached hydrogen (secondary N) is 1. The molecule has 1 heterocycles. The van der Waals surface area contributed by atoms with Gasteiger partial charge in [-0.1, -0.05) is 31.5 Å². The van der Waals surface area contributed by atoms with E-state index in [1.54, 1.807) is 0 Å². The number of rotatable bonds is 2. The third kappa shape index (κ3) is 1.70. The summed E-state index contributed by atoms with van der Waals surface area (Å²) in [4.78, 5) is 0. The highest BCUT2D eigenvalue weighted by molar-refractivity contribution is 7.99. The van der Waals surface area contributed by atoms with Crippen LogP contribution in [-0.4, -0.2) is 5.71 Å². The maximum absolute atomic E-state index is 4.38. The van der Waals surface area contributed by atoms with Gasteiger partial charge in [0.25, 0.3) is 0 Å². The highest BCUT2D eigenvalue weighted by Crippen LogP contribution is 2.27. The van der Waals surface area contributed by atoms with Crippen molar-refractivity contribution >= 4 is 23.5 Å². The Morgan fingerprint density at radius 1 is 1.38 bits per heavy atom. The van der Waals surface area contributed by atoms with Gasteiger partial charge in [0.1, 0.15) is 0 Å². The lowest BCUT2D eigenvalue weighted by atomic mass is 10.0. The number of fused-ring (bicyclic) bond motifs is 1. The van der Waals surface area contributed by atoms with Crippen molar-refractivity contribution in [2.24, 2.45) is 4.40 Å². The summed E-state index contributed by atoms with van der Waals surface area (Å²) < 4.78 is 7.56. The second kappa shape index (κ2) is 3.83. The minimum Gasteiger partial charge on any atom is -0.310 e. The van der Waals surface area contributed by atoms with E-state index in [1.807, 2.05) is 6.07 Å². The number of benzene rings is 1. The van der Waals surface area contributed by atoms with Crippen LogP contribution < -0.4 is 4.72 Å². The van der Waals surface area contributed by atoms with E-state index in [0.29, 0.717) is 0 Å². The molecule has 0 amide bonds. The molecule has 3 heteroatoms. The van der Waals surface area contributed by atoms with Gasteiger partial charge in [0, 0.05) is 5.56 Å². The Morgan fingerprint density at radius 3 is 3.08 bits per heavy atom. The van der Waals surface area contributed by atoms with Crippen LogP contribution in [0.5, 0.6) is 0 Å². The van der Waals surface area contributed by atoms with Crippen LogP contribution in [-0.2, 0) is 0 Å². The van der Waals surface area contributed by atoms with E-state index < -0.39 is 0 Å². The van der Waals surface area contributed by atoms with E-state index in [1.165, 1.54) is 29.1 Å². The van der Waals surface area contributed by atoms with Gasteiger partial charge in [-0.2, -0.15) is 4.40 Å². The zero-order valence-corrected chi connectivity index (χ0v) is 8.40. The summed E-state index contributed by atoms with van der Waals surface area (Å²) >= 11 is 1.42. The van der Waals surface area contributed by atoms with Crippen LogP contribution in [0.4, 0.5) is 5.69 Å². The third-order valence-electron chi connectivity index (χ3n) is 2.04. The Bertz CT molecular complexity index is 333. The van der Waals surface area contributed by atoms with Crippen molar-refractivity contribution < 1.29 is 0 Å². The van der Waals surface area contributed by atoms with Crippen molar-refractivity contribution in [1.82, 2.24) is 0 Å². The van der Waals surface area contributed by atoms with Gasteiger partial charge in [-0.05, 0) is 12.5 Å². The first-order valence-electron chi connectivity index (χ1n) is 4.50. The molecule has 0 radical (unpaired) electrons.